The van der Waals surface area contributed by atoms with Crippen molar-refractivity contribution < 1.29 is 0 Å². The fourth-order valence-electron chi connectivity index (χ4n) is 15.1. The Labute approximate surface area is 409 Å². The number of benzene rings is 6. The lowest BCUT2D eigenvalue weighted by Gasteiger charge is -2.54. The average Bonchev–Trinajstić information content (AvgIpc) is 3.62. The Morgan fingerprint density at radius 2 is 1.16 bits per heavy atom. The van der Waals surface area contributed by atoms with E-state index in [4.69, 9.17) is 0 Å². The van der Waals surface area contributed by atoms with E-state index in [0.717, 1.165) is 19.3 Å². The van der Waals surface area contributed by atoms with Gasteiger partial charge < -0.3 is 14.7 Å². The first kappa shape index (κ1) is 44.0. The van der Waals surface area contributed by atoms with Crippen molar-refractivity contribution >= 4 is 62.9 Å². The second kappa shape index (κ2) is 13.8. The number of anilines is 7. The van der Waals surface area contributed by atoms with Gasteiger partial charge in [0.1, 0.15) is 0 Å². The van der Waals surface area contributed by atoms with Crippen LogP contribution in [0.5, 0.6) is 0 Å². The molecule has 3 nitrogen and oxygen atoms in total. The average molecular weight is 896 g/mol. The van der Waals surface area contributed by atoms with Crippen LogP contribution in [-0.2, 0) is 39.0 Å². The summed E-state index contributed by atoms with van der Waals surface area (Å²) in [6.07, 6.45) is 7.08. The summed E-state index contributed by atoms with van der Waals surface area (Å²) in [6, 6.07) is 42.3. The number of fused-ring (bicyclic) bond motifs is 12. The molecule has 348 valence electrons. The van der Waals surface area contributed by atoms with Crippen LogP contribution >= 0.6 is 0 Å². The molecule has 0 bridgehead atoms. The van der Waals surface area contributed by atoms with Crippen LogP contribution < -0.4 is 31.1 Å². The SMILES string of the molecule is Cc1cc(C)c2c(c1)N(c1cc3c4c(c1)N1c5c(cc(C(C)(C)C)cc5C5(C)CCc6ccccc6C15C)B4c1cc(C(C)(C)C)ccc1N3c1ccc(C(C)(C)C)cc1)C1(C)CCCCC21C. The highest BCUT2D eigenvalue weighted by Crippen LogP contribution is 2.67. The lowest BCUT2D eigenvalue weighted by molar-refractivity contribution is 0.194. The molecule has 68 heavy (non-hydrogen) atoms. The van der Waals surface area contributed by atoms with E-state index in [0.29, 0.717) is 0 Å². The molecule has 0 N–H and O–H groups in total. The van der Waals surface area contributed by atoms with Gasteiger partial charge in [0.05, 0.1) is 11.1 Å². The molecule has 4 heterocycles. The lowest BCUT2D eigenvalue weighted by atomic mass is 9.33. The maximum atomic E-state index is 2.93. The first-order valence-corrected chi connectivity index (χ1v) is 26.1. The van der Waals surface area contributed by atoms with Gasteiger partial charge in [-0.3, -0.25) is 0 Å². The van der Waals surface area contributed by atoms with Crippen molar-refractivity contribution in [3.8, 4) is 0 Å². The fourth-order valence-corrected chi connectivity index (χ4v) is 15.1. The van der Waals surface area contributed by atoms with Gasteiger partial charge in [-0.25, -0.2) is 0 Å². The van der Waals surface area contributed by atoms with Crippen LogP contribution in [-0.4, -0.2) is 12.3 Å². The first-order chi connectivity index (χ1) is 31.9. The summed E-state index contributed by atoms with van der Waals surface area (Å²) in [6.45, 7) is 36.6. The molecule has 6 aliphatic rings. The van der Waals surface area contributed by atoms with Crippen LogP contribution in [0.1, 0.15) is 172 Å². The molecule has 2 aliphatic carbocycles. The molecule has 0 amide bonds. The van der Waals surface area contributed by atoms with E-state index in [1.165, 1.54) is 120 Å². The Hall–Kier alpha value is -5.22. The topological polar surface area (TPSA) is 9.72 Å². The second-order valence-electron chi connectivity index (χ2n) is 26.2. The molecule has 0 aromatic heterocycles. The molecule has 6 aromatic rings. The molecule has 0 radical (unpaired) electrons. The van der Waals surface area contributed by atoms with E-state index in [2.05, 4.69) is 222 Å². The van der Waals surface area contributed by atoms with Crippen molar-refractivity contribution in [1.29, 1.82) is 0 Å². The van der Waals surface area contributed by atoms with Gasteiger partial charge in [0.2, 0.25) is 0 Å². The maximum absolute atomic E-state index is 2.93. The highest BCUT2D eigenvalue weighted by Gasteiger charge is 2.64. The Kier molecular flexibility index (Phi) is 8.91. The van der Waals surface area contributed by atoms with E-state index in [1.807, 2.05) is 0 Å². The molecule has 12 rings (SSSR count). The molecule has 4 atom stereocenters. The Balaban J connectivity index is 1.25. The third-order valence-corrected chi connectivity index (χ3v) is 19.2. The summed E-state index contributed by atoms with van der Waals surface area (Å²) < 4.78 is 0. The Morgan fingerprint density at radius 3 is 1.87 bits per heavy atom. The lowest BCUT2D eigenvalue weighted by Crippen LogP contribution is -2.64. The molecular formula is C64H74BN3. The number of aryl methyl sites for hydroxylation is 3. The zero-order chi connectivity index (χ0) is 48.0. The first-order valence-electron chi connectivity index (χ1n) is 26.1. The molecule has 4 heteroatoms. The minimum absolute atomic E-state index is 0.0157. The summed E-state index contributed by atoms with van der Waals surface area (Å²) in [5.74, 6) is 0. The van der Waals surface area contributed by atoms with E-state index in [-0.39, 0.29) is 44.9 Å². The van der Waals surface area contributed by atoms with Crippen LogP contribution in [0.3, 0.4) is 0 Å². The summed E-state index contributed by atoms with van der Waals surface area (Å²) in [5.41, 5.74) is 26.2. The van der Waals surface area contributed by atoms with Gasteiger partial charge in [0.25, 0.3) is 6.71 Å². The predicted octanol–water partition coefficient (Wildman–Crippen LogP) is 14.8. The normalized spacial score (nSPS) is 25.3. The summed E-state index contributed by atoms with van der Waals surface area (Å²) >= 11 is 0. The monoisotopic (exact) mass is 896 g/mol. The number of hydrogen-bond donors (Lipinski definition) is 0. The van der Waals surface area contributed by atoms with Gasteiger partial charge in [-0.2, -0.15) is 0 Å². The van der Waals surface area contributed by atoms with Crippen molar-refractivity contribution in [1.82, 2.24) is 0 Å². The smallest absolute Gasteiger partial charge is 0.252 e. The number of hydrogen-bond acceptors (Lipinski definition) is 3. The van der Waals surface area contributed by atoms with Crippen molar-refractivity contribution in [2.24, 2.45) is 0 Å². The van der Waals surface area contributed by atoms with Gasteiger partial charge in [-0.1, -0.05) is 156 Å². The summed E-state index contributed by atoms with van der Waals surface area (Å²) in [7, 11) is 0. The minimum atomic E-state index is -0.334. The molecule has 1 fully saturated rings. The summed E-state index contributed by atoms with van der Waals surface area (Å²) in [4.78, 5) is 8.49. The molecule has 0 spiro atoms. The van der Waals surface area contributed by atoms with Crippen molar-refractivity contribution in [3.63, 3.8) is 0 Å². The maximum Gasteiger partial charge on any atom is 0.252 e. The van der Waals surface area contributed by atoms with Crippen LogP contribution in [0.4, 0.5) is 39.8 Å². The molecule has 4 unspecified atom stereocenters. The van der Waals surface area contributed by atoms with Crippen molar-refractivity contribution in [2.75, 3.05) is 14.7 Å². The van der Waals surface area contributed by atoms with Gasteiger partial charge in [0.15, 0.2) is 0 Å². The van der Waals surface area contributed by atoms with E-state index >= 15 is 0 Å². The molecule has 0 saturated heterocycles. The quantitative estimate of drug-likeness (QED) is 0.160. The van der Waals surface area contributed by atoms with Gasteiger partial charge in [0, 0.05) is 50.6 Å². The van der Waals surface area contributed by atoms with Gasteiger partial charge >= 0.3 is 0 Å². The number of nitrogens with zero attached hydrogens (tertiary/aromatic N) is 3. The molecule has 6 aromatic carbocycles. The summed E-state index contributed by atoms with van der Waals surface area (Å²) in [5, 5.41) is 0. The third-order valence-electron chi connectivity index (χ3n) is 19.2. The van der Waals surface area contributed by atoms with E-state index < -0.39 is 0 Å². The fraction of sp³-hybridized carbons (Fsp3) is 0.438. The number of rotatable bonds is 2. The van der Waals surface area contributed by atoms with Crippen LogP contribution in [0.25, 0.3) is 0 Å². The largest absolute Gasteiger partial charge is 0.334 e. The molecular weight excluding hydrogens is 822 g/mol. The molecule has 1 saturated carbocycles. The highest BCUT2D eigenvalue weighted by atomic mass is 15.3. The van der Waals surface area contributed by atoms with E-state index in [9.17, 15) is 0 Å². The highest BCUT2D eigenvalue weighted by molar-refractivity contribution is 7.00. The van der Waals surface area contributed by atoms with Crippen LogP contribution in [0, 0.1) is 13.8 Å². The second-order valence-corrected chi connectivity index (χ2v) is 26.2. The van der Waals surface area contributed by atoms with E-state index in [1.54, 1.807) is 5.56 Å². The Morgan fingerprint density at radius 1 is 0.515 bits per heavy atom. The predicted molar refractivity (Wildman–Crippen MR) is 292 cm³/mol. The Bertz CT molecular complexity index is 3140. The standard InChI is InChI=1S/C64H74BN3/c1-39-32-40(2)55-52(33-39)67(63(14)30-19-18-29-62(55,63)13)46-37-53-56-54(38-46)68-57-48(61(12)31-28-41-20-16-17-21-47(41)64(61,68)15)34-44(60(9,10)11)36-50(57)65(56)49-35-43(59(6,7)8)24-27-51(49)66(53)45-25-22-42(23-26-45)58(3,4)5/h16-17,20-27,32-38H,18-19,28-31H2,1-15H3. The van der Waals surface area contributed by atoms with Gasteiger partial charge in [-0.15, -0.1) is 0 Å². The van der Waals surface area contributed by atoms with Crippen LogP contribution in [0.15, 0.2) is 103 Å². The molecule has 4 aliphatic heterocycles. The minimum Gasteiger partial charge on any atom is -0.334 e. The zero-order valence-corrected chi connectivity index (χ0v) is 44.0. The third kappa shape index (κ3) is 5.55. The van der Waals surface area contributed by atoms with Crippen molar-refractivity contribution in [2.45, 2.75) is 181 Å². The van der Waals surface area contributed by atoms with Crippen LogP contribution in [0.2, 0.25) is 0 Å². The van der Waals surface area contributed by atoms with Crippen molar-refractivity contribution in [3.05, 3.63) is 153 Å². The van der Waals surface area contributed by atoms with Gasteiger partial charge in [-0.05, 0) is 172 Å². The zero-order valence-electron chi connectivity index (χ0n) is 44.0.